The van der Waals surface area contributed by atoms with Crippen molar-refractivity contribution in [3.05, 3.63) is 54.4 Å². The number of hydrogen-bond donors (Lipinski definition) is 2. The van der Waals surface area contributed by atoms with Crippen LogP contribution in [-0.2, 0) is 11.3 Å². The SMILES string of the molecule is O=C(CNC(=O)c1ccccc1)NCCCn1cccn1. The molecule has 2 N–H and O–H groups in total. The summed E-state index contributed by atoms with van der Waals surface area (Å²) >= 11 is 0. The Balaban J connectivity index is 1.60. The lowest BCUT2D eigenvalue weighted by Crippen LogP contribution is -2.37. The number of nitrogens with zero attached hydrogens (tertiary/aromatic N) is 2. The highest BCUT2D eigenvalue weighted by atomic mass is 16.2. The number of nitrogens with one attached hydrogen (secondary N) is 2. The summed E-state index contributed by atoms with van der Waals surface area (Å²) in [6.07, 6.45) is 4.39. The molecule has 0 atom stereocenters. The molecule has 2 rings (SSSR count). The highest BCUT2D eigenvalue weighted by molar-refractivity contribution is 5.96. The van der Waals surface area contributed by atoms with Gasteiger partial charge < -0.3 is 10.6 Å². The molecule has 0 radical (unpaired) electrons. The molecule has 1 aromatic heterocycles. The molecule has 2 aromatic rings. The molecule has 0 bridgehead atoms. The first kappa shape index (κ1) is 14.8. The van der Waals surface area contributed by atoms with Gasteiger partial charge in [0, 0.05) is 31.0 Å². The summed E-state index contributed by atoms with van der Waals surface area (Å²) in [6, 6.07) is 10.7. The number of hydrogen-bond acceptors (Lipinski definition) is 3. The largest absolute Gasteiger partial charge is 0.355 e. The molecule has 0 saturated carbocycles. The van der Waals surface area contributed by atoms with Crippen molar-refractivity contribution >= 4 is 11.8 Å². The topological polar surface area (TPSA) is 76.0 Å². The summed E-state index contributed by atoms with van der Waals surface area (Å²) in [4.78, 5) is 23.3. The van der Waals surface area contributed by atoms with Crippen LogP contribution in [0.1, 0.15) is 16.8 Å². The van der Waals surface area contributed by atoms with Gasteiger partial charge in [0.1, 0.15) is 0 Å². The fourth-order valence-electron chi connectivity index (χ4n) is 1.82. The second-order valence-electron chi connectivity index (χ2n) is 4.52. The van der Waals surface area contributed by atoms with Gasteiger partial charge in [-0.1, -0.05) is 18.2 Å². The second kappa shape index (κ2) is 7.84. The molecule has 0 unspecified atom stereocenters. The van der Waals surface area contributed by atoms with Crippen LogP contribution in [0.15, 0.2) is 48.8 Å². The minimum atomic E-state index is -0.248. The van der Waals surface area contributed by atoms with Crippen LogP contribution in [0.25, 0.3) is 0 Å². The maximum atomic E-state index is 11.7. The molecule has 6 heteroatoms. The van der Waals surface area contributed by atoms with Gasteiger partial charge in [0.25, 0.3) is 5.91 Å². The molecular weight excluding hydrogens is 268 g/mol. The molecule has 1 aromatic carbocycles. The molecule has 21 heavy (non-hydrogen) atoms. The van der Waals surface area contributed by atoms with Gasteiger partial charge in [-0.3, -0.25) is 14.3 Å². The van der Waals surface area contributed by atoms with Crippen LogP contribution >= 0.6 is 0 Å². The number of benzene rings is 1. The molecule has 1 heterocycles. The summed E-state index contributed by atoms with van der Waals surface area (Å²) in [6.45, 7) is 1.29. The van der Waals surface area contributed by atoms with E-state index < -0.39 is 0 Å². The van der Waals surface area contributed by atoms with Crippen molar-refractivity contribution in [2.24, 2.45) is 0 Å². The molecule has 0 aliphatic heterocycles. The third-order valence-corrected chi connectivity index (χ3v) is 2.89. The number of amides is 2. The Morgan fingerprint density at radius 2 is 1.90 bits per heavy atom. The average molecular weight is 286 g/mol. The highest BCUT2D eigenvalue weighted by Crippen LogP contribution is 1.97. The zero-order chi connectivity index (χ0) is 14.9. The maximum absolute atomic E-state index is 11.7. The van der Waals surface area contributed by atoms with Crippen LogP contribution in [0.2, 0.25) is 0 Å². The average Bonchev–Trinajstić information content (AvgIpc) is 3.03. The molecule has 0 fully saturated rings. The number of aryl methyl sites for hydroxylation is 1. The zero-order valence-corrected chi connectivity index (χ0v) is 11.7. The Labute approximate surface area is 123 Å². The van der Waals surface area contributed by atoms with Gasteiger partial charge in [-0.15, -0.1) is 0 Å². The minimum Gasteiger partial charge on any atom is -0.355 e. The molecule has 6 nitrogen and oxygen atoms in total. The molecule has 110 valence electrons. The quantitative estimate of drug-likeness (QED) is 0.740. The van der Waals surface area contributed by atoms with Gasteiger partial charge in [0.15, 0.2) is 0 Å². The fraction of sp³-hybridized carbons (Fsp3) is 0.267. The Kier molecular flexibility index (Phi) is 5.51. The molecule has 0 saturated heterocycles. The molecule has 0 aliphatic rings. The van der Waals surface area contributed by atoms with Crippen LogP contribution in [-0.4, -0.2) is 34.7 Å². The van der Waals surface area contributed by atoms with Crippen LogP contribution in [0, 0.1) is 0 Å². The fourth-order valence-corrected chi connectivity index (χ4v) is 1.82. The van der Waals surface area contributed by atoms with Crippen molar-refractivity contribution in [2.75, 3.05) is 13.1 Å². The van der Waals surface area contributed by atoms with Crippen LogP contribution in [0.4, 0.5) is 0 Å². The van der Waals surface area contributed by atoms with Crippen molar-refractivity contribution in [1.29, 1.82) is 0 Å². The van der Waals surface area contributed by atoms with E-state index in [0.29, 0.717) is 12.1 Å². The van der Waals surface area contributed by atoms with E-state index in [0.717, 1.165) is 13.0 Å². The Morgan fingerprint density at radius 1 is 1.10 bits per heavy atom. The Morgan fingerprint density at radius 3 is 2.62 bits per heavy atom. The Hall–Kier alpha value is -2.63. The summed E-state index contributed by atoms with van der Waals surface area (Å²) in [5.41, 5.74) is 0.545. The number of aromatic nitrogens is 2. The van der Waals surface area contributed by atoms with Crippen LogP contribution in [0.3, 0.4) is 0 Å². The Bertz CT molecular complexity index is 567. The van der Waals surface area contributed by atoms with Crippen molar-refractivity contribution in [3.8, 4) is 0 Å². The van der Waals surface area contributed by atoms with Crippen molar-refractivity contribution in [1.82, 2.24) is 20.4 Å². The highest BCUT2D eigenvalue weighted by Gasteiger charge is 2.06. The lowest BCUT2D eigenvalue weighted by Gasteiger charge is -2.07. The summed E-state index contributed by atoms with van der Waals surface area (Å²) in [5, 5.41) is 9.41. The van der Waals surface area contributed by atoms with Crippen LogP contribution < -0.4 is 10.6 Å². The number of carbonyl (C=O) groups excluding carboxylic acids is 2. The van der Waals surface area contributed by atoms with Gasteiger partial charge in [0.2, 0.25) is 5.91 Å². The monoisotopic (exact) mass is 286 g/mol. The first-order chi connectivity index (χ1) is 10.3. The second-order valence-corrected chi connectivity index (χ2v) is 4.52. The molecule has 0 aliphatic carbocycles. The van der Waals surface area contributed by atoms with E-state index in [1.807, 2.05) is 23.0 Å². The minimum absolute atomic E-state index is 0.0184. The predicted molar refractivity (Wildman–Crippen MR) is 78.6 cm³/mol. The third kappa shape index (κ3) is 5.10. The van der Waals surface area contributed by atoms with Crippen LogP contribution in [0.5, 0.6) is 0 Å². The van der Waals surface area contributed by atoms with Crippen molar-refractivity contribution < 1.29 is 9.59 Å². The summed E-state index contributed by atoms with van der Waals surface area (Å²) < 4.78 is 1.81. The van der Waals surface area contributed by atoms with Crippen molar-refractivity contribution in [3.63, 3.8) is 0 Å². The van der Waals surface area contributed by atoms with Crippen molar-refractivity contribution in [2.45, 2.75) is 13.0 Å². The molecule has 0 spiro atoms. The maximum Gasteiger partial charge on any atom is 0.251 e. The summed E-state index contributed by atoms with van der Waals surface area (Å²) in [5.74, 6) is -0.443. The summed E-state index contributed by atoms with van der Waals surface area (Å²) in [7, 11) is 0. The molecule has 2 amide bonds. The van der Waals surface area contributed by atoms with E-state index in [9.17, 15) is 9.59 Å². The predicted octanol–water partition coefficient (Wildman–Crippen LogP) is 0.819. The first-order valence-corrected chi connectivity index (χ1v) is 6.83. The first-order valence-electron chi connectivity index (χ1n) is 6.83. The van der Waals surface area contributed by atoms with E-state index >= 15 is 0 Å². The normalized spacial score (nSPS) is 10.1. The number of rotatable bonds is 7. The van der Waals surface area contributed by atoms with Gasteiger partial charge in [0.05, 0.1) is 6.54 Å². The van der Waals surface area contributed by atoms with E-state index in [1.165, 1.54) is 0 Å². The lowest BCUT2D eigenvalue weighted by atomic mass is 10.2. The van der Waals surface area contributed by atoms with E-state index in [-0.39, 0.29) is 18.4 Å². The van der Waals surface area contributed by atoms with Gasteiger partial charge >= 0.3 is 0 Å². The third-order valence-electron chi connectivity index (χ3n) is 2.89. The van der Waals surface area contributed by atoms with E-state index in [1.54, 1.807) is 30.5 Å². The lowest BCUT2D eigenvalue weighted by molar-refractivity contribution is -0.120. The zero-order valence-electron chi connectivity index (χ0n) is 11.7. The van der Waals surface area contributed by atoms with E-state index in [4.69, 9.17) is 0 Å². The standard InChI is InChI=1S/C15H18N4O2/c20-14(16-8-4-10-19-11-5-9-18-19)12-17-15(21)13-6-2-1-3-7-13/h1-3,5-7,9,11H,4,8,10,12H2,(H,16,20)(H,17,21). The smallest absolute Gasteiger partial charge is 0.251 e. The van der Waals surface area contributed by atoms with Gasteiger partial charge in [-0.25, -0.2) is 0 Å². The number of carbonyl (C=O) groups is 2. The van der Waals surface area contributed by atoms with E-state index in [2.05, 4.69) is 15.7 Å². The molecular formula is C15H18N4O2. The van der Waals surface area contributed by atoms with Gasteiger partial charge in [-0.05, 0) is 24.6 Å². The van der Waals surface area contributed by atoms with Gasteiger partial charge in [-0.2, -0.15) is 5.10 Å².